The lowest BCUT2D eigenvalue weighted by Gasteiger charge is -2.47. The number of fused-ring (bicyclic) bond motifs is 1. The minimum Gasteiger partial charge on any atom is -0.380 e. The van der Waals surface area contributed by atoms with E-state index in [0.717, 1.165) is 12.8 Å². The van der Waals surface area contributed by atoms with E-state index in [1.54, 1.807) is 0 Å². The molecule has 3 aromatic heterocycles. The maximum atomic E-state index is 13.5. The van der Waals surface area contributed by atoms with E-state index in [9.17, 15) is 26.0 Å². The second kappa shape index (κ2) is 8.33. The minimum atomic E-state index is -4.33. The van der Waals surface area contributed by atoms with Gasteiger partial charge in [-0.15, -0.1) is 10.2 Å². The predicted molar refractivity (Wildman–Crippen MR) is 122 cm³/mol. The molecule has 0 atom stereocenters. The Bertz CT molecular complexity index is 1410. The van der Waals surface area contributed by atoms with Crippen LogP contribution in [0.25, 0.3) is 16.3 Å². The van der Waals surface area contributed by atoms with Crippen LogP contribution >= 0.6 is 11.3 Å². The number of halogens is 4. The van der Waals surface area contributed by atoms with Crippen molar-refractivity contribution in [2.45, 2.75) is 49.0 Å². The highest BCUT2D eigenvalue weighted by Crippen LogP contribution is 2.44. The number of nitrogens with zero attached hydrogens (tertiary/aromatic N) is 5. The van der Waals surface area contributed by atoms with Gasteiger partial charge in [-0.05, 0) is 31.7 Å². The van der Waals surface area contributed by atoms with Crippen LogP contribution in [0.4, 0.5) is 23.2 Å². The molecular weight excluding hydrogens is 524 g/mol. The number of imidazole rings is 1. The summed E-state index contributed by atoms with van der Waals surface area (Å²) in [6.07, 6.45) is -1.04. The fourth-order valence-electron chi connectivity index (χ4n) is 4.75. The van der Waals surface area contributed by atoms with E-state index >= 15 is 0 Å². The molecule has 2 aliphatic heterocycles. The number of alkyl halides is 4. The second-order valence-electron chi connectivity index (χ2n) is 9.69. The summed E-state index contributed by atoms with van der Waals surface area (Å²) in [5, 5.41) is 6.92. The van der Waals surface area contributed by atoms with Crippen molar-refractivity contribution in [3.63, 3.8) is 0 Å². The summed E-state index contributed by atoms with van der Waals surface area (Å²) in [4.78, 5) is 6.15. The quantitative estimate of drug-likeness (QED) is 0.453. The third-order valence-corrected chi connectivity index (χ3v) is 9.69. The molecule has 1 spiro atoms. The largest absolute Gasteiger partial charge is 0.380 e. The lowest BCUT2D eigenvalue weighted by Crippen LogP contribution is -2.51. The Balaban J connectivity index is 1.44. The van der Waals surface area contributed by atoms with Crippen LogP contribution in [0.2, 0.25) is 0 Å². The maximum Gasteiger partial charge on any atom is 0.291 e. The average molecular weight is 547 g/mol. The number of aromatic nitrogens is 4. The minimum absolute atomic E-state index is 0.0484. The van der Waals surface area contributed by atoms with Crippen LogP contribution < -0.4 is 9.62 Å². The van der Waals surface area contributed by atoms with Gasteiger partial charge < -0.3 is 9.64 Å². The number of sulfonamides is 1. The monoisotopic (exact) mass is 546 g/mol. The van der Waals surface area contributed by atoms with E-state index in [-0.39, 0.29) is 34.0 Å². The molecule has 5 heterocycles. The molecule has 3 aromatic rings. The van der Waals surface area contributed by atoms with Gasteiger partial charge in [0.2, 0.25) is 10.0 Å². The van der Waals surface area contributed by atoms with Crippen LogP contribution in [0, 0.1) is 5.41 Å². The first kappa shape index (κ1) is 24.0. The summed E-state index contributed by atoms with van der Waals surface area (Å²) in [7, 11) is -4.33. The Morgan fingerprint density at radius 2 is 1.81 bits per heavy atom. The number of nitrogens with one attached hydrogen (secondary N) is 1. The molecule has 36 heavy (non-hydrogen) atoms. The molecule has 1 N–H and O–H groups in total. The third-order valence-electron chi connectivity index (χ3n) is 7.25. The molecule has 9 nitrogen and oxygen atoms in total. The summed E-state index contributed by atoms with van der Waals surface area (Å²) in [5.41, 5.74) is -0.517. The van der Waals surface area contributed by atoms with E-state index in [0.29, 0.717) is 48.8 Å². The standard InChI is InChI=1S/C21H22F4N6O3S2/c22-15(23)17-27-28-18(35-17)16-26-8-14-13(30-5-3-20(4-6-30)10-34-11-20)7-12(9-31(14)16)36(32,33)29-21(1-2-21)19(24)25/h7-9,15,19,29H,1-6,10-11H2. The summed E-state index contributed by atoms with van der Waals surface area (Å²) in [6, 6.07) is 1.46. The molecule has 15 heteroatoms. The van der Waals surface area contributed by atoms with Gasteiger partial charge in [0, 0.05) is 24.7 Å². The van der Waals surface area contributed by atoms with Crippen LogP contribution in [0.15, 0.2) is 23.4 Å². The number of pyridine rings is 1. The first-order valence-corrected chi connectivity index (χ1v) is 13.7. The summed E-state index contributed by atoms with van der Waals surface area (Å²) in [6.45, 7) is 2.69. The van der Waals surface area contributed by atoms with E-state index in [1.807, 2.05) is 4.90 Å². The Kier molecular flexibility index (Phi) is 5.55. The number of ether oxygens (including phenoxy) is 1. The SMILES string of the molecule is O=S(=O)(NC1(C(F)F)CC1)c1cc(N2CCC3(CC2)COC3)c2cnc(-c3nnc(C(F)F)s3)n2c1. The van der Waals surface area contributed by atoms with E-state index in [4.69, 9.17) is 4.74 Å². The zero-order chi connectivity index (χ0) is 25.3. The number of hydrogen-bond acceptors (Lipinski definition) is 8. The van der Waals surface area contributed by atoms with Gasteiger partial charge in [0.1, 0.15) is 4.90 Å². The molecule has 194 valence electrons. The van der Waals surface area contributed by atoms with Gasteiger partial charge in [-0.1, -0.05) is 11.3 Å². The van der Waals surface area contributed by atoms with Crippen molar-refractivity contribution < 1.29 is 30.7 Å². The van der Waals surface area contributed by atoms with Crippen LogP contribution in [-0.2, 0) is 14.8 Å². The predicted octanol–water partition coefficient (Wildman–Crippen LogP) is 3.48. The molecule has 0 bridgehead atoms. The lowest BCUT2D eigenvalue weighted by atomic mass is 9.77. The highest BCUT2D eigenvalue weighted by Gasteiger charge is 2.54. The van der Waals surface area contributed by atoms with Crippen molar-refractivity contribution in [1.82, 2.24) is 24.3 Å². The fraction of sp³-hybridized carbons (Fsp3) is 0.571. The van der Waals surface area contributed by atoms with Gasteiger partial charge in [-0.25, -0.2) is 31.0 Å². The lowest BCUT2D eigenvalue weighted by molar-refractivity contribution is -0.124. The molecule has 3 fully saturated rings. The van der Waals surface area contributed by atoms with E-state index in [2.05, 4.69) is 19.9 Å². The molecule has 1 aliphatic carbocycles. The Hall–Kier alpha value is -2.36. The number of anilines is 1. The van der Waals surface area contributed by atoms with Crippen LogP contribution in [0.1, 0.15) is 37.1 Å². The smallest absolute Gasteiger partial charge is 0.291 e. The van der Waals surface area contributed by atoms with Crippen molar-refractivity contribution in [3.8, 4) is 10.8 Å². The van der Waals surface area contributed by atoms with E-state index in [1.165, 1.54) is 22.9 Å². The van der Waals surface area contributed by atoms with Gasteiger partial charge in [-0.2, -0.15) is 4.72 Å². The summed E-state index contributed by atoms with van der Waals surface area (Å²) < 4.78 is 88.8. The number of hydrogen-bond donors (Lipinski definition) is 1. The third kappa shape index (κ3) is 3.96. The number of piperidine rings is 1. The molecule has 0 radical (unpaired) electrons. The van der Waals surface area contributed by atoms with Crippen molar-refractivity contribution in [1.29, 1.82) is 0 Å². The van der Waals surface area contributed by atoms with Crippen molar-refractivity contribution >= 4 is 32.6 Å². The molecule has 0 unspecified atom stereocenters. The molecule has 0 aromatic carbocycles. The van der Waals surface area contributed by atoms with Gasteiger partial charge in [0.05, 0.1) is 36.2 Å². The number of rotatable bonds is 7. The second-order valence-corrected chi connectivity index (χ2v) is 12.4. The first-order chi connectivity index (χ1) is 17.1. The molecule has 6 rings (SSSR count). The fourth-order valence-corrected chi connectivity index (χ4v) is 6.90. The van der Waals surface area contributed by atoms with Gasteiger partial charge >= 0.3 is 0 Å². The molecule has 0 amide bonds. The van der Waals surface area contributed by atoms with Crippen LogP contribution in [0.5, 0.6) is 0 Å². The highest BCUT2D eigenvalue weighted by molar-refractivity contribution is 7.89. The van der Waals surface area contributed by atoms with Crippen LogP contribution in [-0.4, -0.2) is 66.3 Å². The zero-order valence-corrected chi connectivity index (χ0v) is 20.5. The van der Waals surface area contributed by atoms with Crippen molar-refractivity contribution in [2.75, 3.05) is 31.2 Å². The van der Waals surface area contributed by atoms with Gasteiger partial charge in [0.15, 0.2) is 15.8 Å². The molecule has 1 saturated carbocycles. The highest BCUT2D eigenvalue weighted by atomic mass is 32.2. The first-order valence-electron chi connectivity index (χ1n) is 11.4. The van der Waals surface area contributed by atoms with E-state index < -0.39 is 33.4 Å². The zero-order valence-electron chi connectivity index (χ0n) is 18.8. The molecule has 3 aliphatic rings. The normalized spacial score (nSPS) is 21.0. The Labute approximate surface area is 207 Å². The molecular formula is C21H22F4N6O3S2. The molecule has 2 saturated heterocycles. The van der Waals surface area contributed by atoms with Crippen LogP contribution in [0.3, 0.4) is 0 Å². The van der Waals surface area contributed by atoms with Crippen molar-refractivity contribution in [3.05, 3.63) is 23.5 Å². The maximum absolute atomic E-state index is 13.5. The average Bonchev–Trinajstić information content (AvgIpc) is 3.24. The Morgan fingerprint density at radius 3 is 2.36 bits per heavy atom. The van der Waals surface area contributed by atoms with Crippen molar-refractivity contribution in [2.24, 2.45) is 5.41 Å². The van der Waals surface area contributed by atoms with Gasteiger partial charge in [-0.3, -0.25) is 4.40 Å². The summed E-state index contributed by atoms with van der Waals surface area (Å²) in [5.74, 6) is 0.142. The summed E-state index contributed by atoms with van der Waals surface area (Å²) >= 11 is 0.655. The topological polar surface area (TPSA) is 102 Å². The Morgan fingerprint density at radius 1 is 1.08 bits per heavy atom. The van der Waals surface area contributed by atoms with Gasteiger partial charge in [0.25, 0.3) is 12.9 Å².